The summed E-state index contributed by atoms with van der Waals surface area (Å²) in [6.45, 7) is 4.55. The molecule has 2 amide bonds. The number of sulfonamides is 1. The standard InChI is InChI=1S/C32H38FN3O4S/c1-23-18-19-30(24(2)20-23)36(41(39,40)28-15-8-5-9-16-28)22-31(37)35(21-26-12-10-11-17-29(26)33)25(3)32(38)34-27-13-6-4-7-14-27/h5,8-12,15-20,25,27H,4,6-7,13-14,21-22H2,1-3H3,(H,34,38)/t25-/m1/s1. The van der Waals surface area contributed by atoms with Crippen LogP contribution in [0, 0.1) is 19.7 Å². The number of hydrogen-bond donors (Lipinski definition) is 1. The third kappa shape index (κ3) is 7.33. The van der Waals surface area contributed by atoms with Crippen LogP contribution in [0.4, 0.5) is 10.1 Å². The minimum absolute atomic E-state index is 0.0225. The van der Waals surface area contributed by atoms with Gasteiger partial charge in [-0.15, -0.1) is 0 Å². The summed E-state index contributed by atoms with van der Waals surface area (Å²) in [4.78, 5) is 28.7. The van der Waals surface area contributed by atoms with E-state index < -0.39 is 34.3 Å². The summed E-state index contributed by atoms with van der Waals surface area (Å²) < 4.78 is 43.7. The molecule has 0 spiro atoms. The fraction of sp³-hybridized carbons (Fsp3) is 0.375. The Morgan fingerprint density at radius 2 is 1.61 bits per heavy atom. The van der Waals surface area contributed by atoms with Crippen molar-refractivity contribution in [2.45, 2.75) is 76.4 Å². The Morgan fingerprint density at radius 3 is 2.27 bits per heavy atom. The highest BCUT2D eigenvalue weighted by Crippen LogP contribution is 2.28. The Labute approximate surface area is 242 Å². The monoisotopic (exact) mass is 579 g/mol. The second kappa shape index (κ2) is 13.3. The molecule has 0 unspecified atom stereocenters. The zero-order valence-corrected chi connectivity index (χ0v) is 24.7. The van der Waals surface area contributed by atoms with Gasteiger partial charge in [-0.25, -0.2) is 12.8 Å². The van der Waals surface area contributed by atoms with E-state index in [1.165, 1.54) is 23.1 Å². The fourth-order valence-electron chi connectivity index (χ4n) is 5.28. The molecular formula is C32H38FN3O4S. The largest absolute Gasteiger partial charge is 0.352 e. The molecule has 9 heteroatoms. The molecule has 1 atom stereocenters. The van der Waals surface area contributed by atoms with E-state index in [2.05, 4.69) is 5.32 Å². The van der Waals surface area contributed by atoms with Crippen molar-refractivity contribution in [3.05, 3.63) is 95.3 Å². The molecule has 7 nitrogen and oxygen atoms in total. The molecule has 1 aliphatic carbocycles. The van der Waals surface area contributed by atoms with Crippen LogP contribution >= 0.6 is 0 Å². The van der Waals surface area contributed by atoms with Gasteiger partial charge in [-0.1, -0.05) is 73.4 Å². The minimum Gasteiger partial charge on any atom is -0.352 e. The summed E-state index contributed by atoms with van der Waals surface area (Å²) >= 11 is 0. The number of halogens is 1. The van der Waals surface area contributed by atoms with Crippen LogP contribution < -0.4 is 9.62 Å². The van der Waals surface area contributed by atoms with Gasteiger partial charge in [0.15, 0.2) is 0 Å². The summed E-state index contributed by atoms with van der Waals surface area (Å²) in [5.41, 5.74) is 2.23. The molecule has 3 aromatic rings. The molecule has 4 rings (SSSR count). The van der Waals surface area contributed by atoms with Crippen molar-refractivity contribution in [2.75, 3.05) is 10.8 Å². The van der Waals surface area contributed by atoms with E-state index >= 15 is 0 Å². The molecule has 1 saturated carbocycles. The highest BCUT2D eigenvalue weighted by atomic mass is 32.2. The first-order valence-electron chi connectivity index (χ1n) is 14.1. The predicted octanol–water partition coefficient (Wildman–Crippen LogP) is 5.50. The smallest absolute Gasteiger partial charge is 0.264 e. The molecule has 1 N–H and O–H groups in total. The number of aryl methyl sites for hydroxylation is 2. The van der Waals surface area contributed by atoms with Gasteiger partial charge in [0.1, 0.15) is 18.4 Å². The average molecular weight is 580 g/mol. The Morgan fingerprint density at radius 1 is 0.951 bits per heavy atom. The quantitative estimate of drug-likeness (QED) is 0.344. The Hall–Kier alpha value is -3.72. The Balaban J connectivity index is 1.70. The molecule has 0 saturated heterocycles. The maximum Gasteiger partial charge on any atom is 0.264 e. The van der Waals surface area contributed by atoms with E-state index in [4.69, 9.17) is 0 Å². The van der Waals surface area contributed by atoms with Gasteiger partial charge in [-0.05, 0) is 63.4 Å². The zero-order valence-electron chi connectivity index (χ0n) is 23.8. The lowest BCUT2D eigenvalue weighted by Gasteiger charge is -2.33. The van der Waals surface area contributed by atoms with Crippen molar-refractivity contribution in [2.24, 2.45) is 0 Å². The van der Waals surface area contributed by atoms with Crippen LogP contribution in [-0.4, -0.2) is 43.8 Å². The highest BCUT2D eigenvalue weighted by Gasteiger charge is 2.34. The normalized spacial score (nSPS) is 14.7. The van der Waals surface area contributed by atoms with Crippen molar-refractivity contribution in [1.29, 1.82) is 0 Å². The first-order valence-corrected chi connectivity index (χ1v) is 15.5. The fourth-order valence-corrected chi connectivity index (χ4v) is 6.78. The van der Waals surface area contributed by atoms with Gasteiger partial charge in [0, 0.05) is 18.2 Å². The van der Waals surface area contributed by atoms with Crippen molar-refractivity contribution in [1.82, 2.24) is 10.2 Å². The number of carbonyl (C=O) groups excluding carboxylic acids is 2. The van der Waals surface area contributed by atoms with E-state index in [-0.39, 0.29) is 29.0 Å². The third-order valence-corrected chi connectivity index (χ3v) is 9.42. The van der Waals surface area contributed by atoms with Gasteiger partial charge < -0.3 is 10.2 Å². The van der Waals surface area contributed by atoms with Crippen molar-refractivity contribution >= 4 is 27.5 Å². The van der Waals surface area contributed by atoms with Crippen LogP contribution in [0.2, 0.25) is 0 Å². The van der Waals surface area contributed by atoms with Crippen LogP contribution in [0.3, 0.4) is 0 Å². The first kappa shape index (κ1) is 30.2. The number of rotatable bonds is 10. The van der Waals surface area contributed by atoms with Gasteiger partial charge in [0.05, 0.1) is 10.6 Å². The van der Waals surface area contributed by atoms with Crippen LogP contribution in [-0.2, 0) is 26.2 Å². The maximum atomic E-state index is 14.7. The molecule has 0 aliphatic heterocycles. The van der Waals surface area contributed by atoms with Crippen LogP contribution in [0.15, 0.2) is 77.7 Å². The Kier molecular flexibility index (Phi) is 9.81. The van der Waals surface area contributed by atoms with Crippen molar-refractivity contribution < 1.29 is 22.4 Å². The van der Waals surface area contributed by atoms with Crippen LogP contribution in [0.25, 0.3) is 0 Å². The Bertz CT molecular complexity index is 1470. The molecule has 0 heterocycles. The molecule has 218 valence electrons. The predicted molar refractivity (Wildman–Crippen MR) is 158 cm³/mol. The van der Waals surface area contributed by atoms with E-state index in [0.717, 1.165) is 42.0 Å². The summed E-state index contributed by atoms with van der Waals surface area (Å²) in [5, 5.41) is 3.05. The number of carbonyl (C=O) groups is 2. The van der Waals surface area contributed by atoms with Crippen LogP contribution in [0.5, 0.6) is 0 Å². The lowest BCUT2D eigenvalue weighted by Crippen LogP contribution is -2.53. The number of hydrogen-bond acceptors (Lipinski definition) is 4. The number of nitrogens with one attached hydrogen (secondary N) is 1. The molecule has 1 fully saturated rings. The maximum absolute atomic E-state index is 14.7. The highest BCUT2D eigenvalue weighted by molar-refractivity contribution is 7.92. The van der Waals surface area contributed by atoms with Gasteiger partial charge >= 0.3 is 0 Å². The molecule has 0 bridgehead atoms. The van der Waals surface area contributed by atoms with Gasteiger partial charge in [-0.2, -0.15) is 0 Å². The number of amides is 2. The van der Waals surface area contributed by atoms with Gasteiger partial charge in [0.25, 0.3) is 10.0 Å². The molecule has 1 aliphatic rings. The van der Waals surface area contributed by atoms with E-state index in [0.29, 0.717) is 11.3 Å². The second-order valence-electron chi connectivity index (χ2n) is 10.7. The number of nitrogens with zero attached hydrogens (tertiary/aromatic N) is 2. The molecular weight excluding hydrogens is 541 g/mol. The lowest BCUT2D eigenvalue weighted by atomic mass is 9.95. The summed E-state index contributed by atoms with van der Waals surface area (Å²) in [5.74, 6) is -1.46. The summed E-state index contributed by atoms with van der Waals surface area (Å²) in [7, 11) is -4.16. The molecule has 0 aromatic heterocycles. The SMILES string of the molecule is Cc1ccc(N(CC(=O)N(Cc2ccccc2F)[C@H](C)C(=O)NC2CCCCC2)S(=O)(=O)c2ccccc2)c(C)c1. The van der Waals surface area contributed by atoms with E-state index in [1.54, 1.807) is 62.4 Å². The average Bonchev–Trinajstić information content (AvgIpc) is 2.96. The molecule has 0 radical (unpaired) electrons. The first-order chi connectivity index (χ1) is 19.6. The van der Waals surface area contributed by atoms with Gasteiger partial charge in [0.2, 0.25) is 11.8 Å². The number of anilines is 1. The third-order valence-electron chi connectivity index (χ3n) is 7.65. The van der Waals surface area contributed by atoms with Crippen molar-refractivity contribution in [3.63, 3.8) is 0 Å². The minimum atomic E-state index is -4.16. The topological polar surface area (TPSA) is 86.8 Å². The lowest BCUT2D eigenvalue weighted by molar-refractivity contribution is -0.139. The second-order valence-corrected chi connectivity index (χ2v) is 12.6. The van der Waals surface area contributed by atoms with E-state index in [1.807, 2.05) is 13.0 Å². The number of benzene rings is 3. The molecule has 41 heavy (non-hydrogen) atoms. The zero-order chi connectivity index (χ0) is 29.6. The van der Waals surface area contributed by atoms with E-state index in [9.17, 15) is 22.4 Å². The van der Waals surface area contributed by atoms with Crippen LogP contribution in [0.1, 0.15) is 55.7 Å². The summed E-state index contributed by atoms with van der Waals surface area (Å²) in [6.07, 6.45) is 4.92. The van der Waals surface area contributed by atoms with Crippen molar-refractivity contribution in [3.8, 4) is 0 Å². The summed E-state index contributed by atoms with van der Waals surface area (Å²) in [6, 6.07) is 18.4. The van der Waals surface area contributed by atoms with Gasteiger partial charge in [-0.3, -0.25) is 13.9 Å². The molecule has 3 aromatic carbocycles.